The number of ether oxygens (including phenoxy) is 1. The predicted molar refractivity (Wildman–Crippen MR) is 85.4 cm³/mol. The van der Waals surface area contributed by atoms with E-state index in [1.807, 2.05) is 18.2 Å². The number of nitrogens with zero attached hydrogens (tertiary/aromatic N) is 1. The molecule has 1 aromatic carbocycles. The van der Waals surface area contributed by atoms with Crippen LogP contribution in [0.4, 0.5) is 0 Å². The van der Waals surface area contributed by atoms with Crippen LogP contribution in [0.3, 0.4) is 0 Å². The number of nitrogens with one attached hydrogen (secondary N) is 1. The van der Waals surface area contributed by atoms with Gasteiger partial charge in [0, 0.05) is 30.9 Å². The van der Waals surface area contributed by atoms with Crippen molar-refractivity contribution in [3.05, 3.63) is 65.0 Å². The largest absolute Gasteiger partial charge is 0.382 e. The van der Waals surface area contributed by atoms with E-state index in [1.54, 1.807) is 31.5 Å². The number of aromatic nitrogens is 1. The van der Waals surface area contributed by atoms with Gasteiger partial charge in [0.25, 0.3) is 5.91 Å². The molecule has 23 heavy (non-hydrogen) atoms. The lowest BCUT2D eigenvalue weighted by Crippen LogP contribution is -2.32. The van der Waals surface area contributed by atoms with Crippen molar-refractivity contribution in [2.24, 2.45) is 0 Å². The van der Waals surface area contributed by atoms with Crippen molar-refractivity contribution in [1.29, 1.82) is 0 Å². The second-order valence-corrected chi connectivity index (χ2v) is 5.49. The van der Waals surface area contributed by atoms with Gasteiger partial charge in [-0.3, -0.25) is 14.6 Å². The number of Topliss-reactive ketones (excluding diaryl/α,β-unsaturated/α-hetero) is 1. The maximum atomic E-state index is 12.7. The van der Waals surface area contributed by atoms with Crippen LogP contribution in [-0.2, 0) is 11.2 Å². The fourth-order valence-electron chi connectivity index (χ4n) is 2.89. The van der Waals surface area contributed by atoms with Crippen molar-refractivity contribution in [3.63, 3.8) is 0 Å². The van der Waals surface area contributed by atoms with Crippen LogP contribution >= 0.6 is 0 Å². The Hall–Kier alpha value is -2.53. The molecule has 1 aliphatic rings. The van der Waals surface area contributed by atoms with Crippen LogP contribution in [-0.4, -0.2) is 30.4 Å². The summed E-state index contributed by atoms with van der Waals surface area (Å²) in [6, 6.07) is 10.5. The van der Waals surface area contributed by atoms with Gasteiger partial charge in [-0.25, -0.2) is 0 Å². The van der Waals surface area contributed by atoms with E-state index in [4.69, 9.17) is 4.74 Å². The van der Waals surface area contributed by atoms with Crippen molar-refractivity contribution in [2.75, 3.05) is 13.7 Å². The molecule has 0 saturated heterocycles. The first-order valence-electron chi connectivity index (χ1n) is 7.56. The molecule has 0 saturated carbocycles. The van der Waals surface area contributed by atoms with Gasteiger partial charge in [0.1, 0.15) is 0 Å². The third kappa shape index (κ3) is 3.14. The Labute approximate surface area is 134 Å². The molecule has 0 fully saturated rings. The molecule has 1 heterocycles. The molecule has 5 heteroatoms. The smallest absolute Gasteiger partial charge is 0.252 e. The average Bonchev–Trinajstić information content (AvgIpc) is 2.96. The second kappa shape index (κ2) is 6.71. The number of amides is 1. The van der Waals surface area contributed by atoms with E-state index in [9.17, 15) is 9.59 Å². The number of fused-ring (bicyclic) bond motifs is 1. The van der Waals surface area contributed by atoms with Gasteiger partial charge in [-0.05, 0) is 30.2 Å². The first-order chi connectivity index (χ1) is 11.2. The molecule has 3 rings (SSSR count). The summed E-state index contributed by atoms with van der Waals surface area (Å²) in [6.45, 7) is 0.330. The lowest BCUT2D eigenvalue weighted by atomic mass is 10.0. The third-order valence-corrected chi connectivity index (χ3v) is 4.01. The number of hydrogen-bond donors (Lipinski definition) is 1. The SMILES string of the molecule is COCC(NC(=O)c1cccc2c1CCC2=O)c1ccccn1. The van der Waals surface area contributed by atoms with Gasteiger partial charge < -0.3 is 10.1 Å². The van der Waals surface area contributed by atoms with Crippen LogP contribution in [0.2, 0.25) is 0 Å². The molecule has 1 amide bonds. The van der Waals surface area contributed by atoms with Crippen molar-refractivity contribution >= 4 is 11.7 Å². The zero-order valence-electron chi connectivity index (χ0n) is 12.9. The van der Waals surface area contributed by atoms with Crippen molar-refractivity contribution in [1.82, 2.24) is 10.3 Å². The summed E-state index contributed by atoms with van der Waals surface area (Å²) in [5.41, 5.74) is 2.81. The summed E-state index contributed by atoms with van der Waals surface area (Å²) in [4.78, 5) is 28.8. The zero-order chi connectivity index (χ0) is 16.2. The van der Waals surface area contributed by atoms with Gasteiger partial charge in [0.05, 0.1) is 18.3 Å². The third-order valence-electron chi connectivity index (χ3n) is 4.01. The first kappa shape index (κ1) is 15.4. The fourth-order valence-corrected chi connectivity index (χ4v) is 2.89. The molecule has 5 nitrogen and oxygen atoms in total. The molecule has 1 unspecified atom stereocenters. The van der Waals surface area contributed by atoms with E-state index >= 15 is 0 Å². The number of rotatable bonds is 5. The number of carbonyl (C=O) groups is 2. The van der Waals surface area contributed by atoms with E-state index in [0.29, 0.717) is 30.6 Å². The summed E-state index contributed by atoms with van der Waals surface area (Å²) >= 11 is 0. The van der Waals surface area contributed by atoms with Gasteiger partial charge in [0.15, 0.2) is 5.78 Å². The topological polar surface area (TPSA) is 68.3 Å². The van der Waals surface area contributed by atoms with E-state index in [1.165, 1.54) is 0 Å². The van der Waals surface area contributed by atoms with E-state index in [-0.39, 0.29) is 17.7 Å². The molecular weight excluding hydrogens is 292 g/mol. The summed E-state index contributed by atoms with van der Waals surface area (Å²) in [6.07, 6.45) is 2.78. The summed E-state index contributed by atoms with van der Waals surface area (Å²) in [5, 5.41) is 2.96. The molecule has 1 N–H and O–H groups in total. The number of methoxy groups -OCH3 is 1. The highest BCUT2D eigenvalue weighted by molar-refractivity contribution is 6.05. The van der Waals surface area contributed by atoms with Crippen LogP contribution in [0.15, 0.2) is 42.6 Å². The lowest BCUT2D eigenvalue weighted by molar-refractivity contribution is 0.0893. The normalized spacial score (nSPS) is 14.4. The Bertz CT molecular complexity index is 728. The predicted octanol–water partition coefficient (Wildman–Crippen LogP) is 2.33. The highest BCUT2D eigenvalue weighted by Crippen LogP contribution is 2.25. The highest BCUT2D eigenvalue weighted by atomic mass is 16.5. The minimum Gasteiger partial charge on any atom is -0.382 e. The Morgan fingerprint density at radius 2 is 2.13 bits per heavy atom. The molecule has 1 aromatic heterocycles. The second-order valence-electron chi connectivity index (χ2n) is 5.49. The highest BCUT2D eigenvalue weighted by Gasteiger charge is 2.25. The molecule has 0 bridgehead atoms. The Kier molecular flexibility index (Phi) is 4.48. The molecule has 0 radical (unpaired) electrons. The van der Waals surface area contributed by atoms with Gasteiger partial charge in [-0.1, -0.05) is 18.2 Å². The van der Waals surface area contributed by atoms with E-state index < -0.39 is 0 Å². The van der Waals surface area contributed by atoms with Crippen molar-refractivity contribution < 1.29 is 14.3 Å². The quantitative estimate of drug-likeness (QED) is 0.920. The van der Waals surface area contributed by atoms with Crippen LogP contribution in [0.5, 0.6) is 0 Å². The van der Waals surface area contributed by atoms with E-state index in [2.05, 4.69) is 10.3 Å². The van der Waals surface area contributed by atoms with Crippen LogP contribution in [0, 0.1) is 0 Å². The van der Waals surface area contributed by atoms with Crippen LogP contribution in [0.1, 0.15) is 44.4 Å². The minimum atomic E-state index is -0.332. The number of ketones is 1. The fraction of sp³-hybridized carbons (Fsp3) is 0.278. The Morgan fingerprint density at radius 3 is 2.87 bits per heavy atom. The molecule has 0 aliphatic heterocycles. The molecule has 2 aromatic rings. The van der Waals surface area contributed by atoms with Crippen molar-refractivity contribution in [3.8, 4) is 0 Å². The standard InChI is InChI=1S/C18H18N2O3/c1-23-11-16(15-7-2-3-10-19-15)20-18(22)14-6-4-5-13-12(14)8-9-17(13)21/h2-7,10,16H,8-9,11H2,1H3,(H,20,22). The number of hydrogen-bond acceptors (Lipinski definition) is 4. The molecular formula is C18H18N2O3. The Morgan fingerprint density at radius 1 is 1.26 bits per heavy atom. The summed E-state index contributed by atoms with van der Waals surface area (Å²) in [5.74, 6) is -0.0999. The molecule has 1 aliphatic carbocycles. The number of benzene rings is 1. The maximum absolute atomic E-state index is 12.7. The minimum absolute atomic E-state index is 0.104. The van der Waals surface area contributed by atoms with Gasteiger partial charge >= 0.3 is 0 Å². The maximum Gasteiger partial charge on any atom is 0.252 e. The summed E-state index contributed by atoms with van der Waals surface area (Å²) < 4.78 is 5.20. The van der Waals surface area contributed by atoms with E-state index in [0.717, 1.165) is 11.3 Å². The van der Waals surface area contributed by atoms with Gasteiger partial charge in [0.2, 0.25) is 0 Å². The summed E-state index contributed by atoms with van der Waals surface area (Å²) in [7, 11) is 1.58. The van der Waals surface area contributed by atoms with Gasteiger partial charge in [-0.2, -0.15) is 0 Å². The lowest BCUT2D eigenvalue weighted by Gasteiger charge is -2.18. The molecule has 118 valence electrons. The number of pyridine rings is 1. The first-order valence-corrected chi connectivity index (χ1v) is 7.56. The molecule has 0 spiro atoms. The monoisotopic (exact) mass is 310 g/mol. The van der Waals surface area contributed by atoms with Crippen LogP contribution < -0.4 is 5.32 Å². The van der Waals surface area contributed by atoms with Gasteiger partial charge in [-0.15, -0.1) is 0 Å². The number of carbonyl (C=O) groups excluding carboxylic acids is 2. The van der Waals surface area contributed by atoms with Crippen LogP contribution in [0.25, 0.3) is 0 Å². The molecule has 1 atom stereocenters. The zero-order valence-corrected chi connectivity index (χ0v) is 12.9. The van der Waals surface area contributed by atoms with Crippen molar-refractivity contribution in [2.45, 2.75) is 18.9 Å². The Balaban J connectivity index is 1.85. The average molecular weight is 310 g/mol.